The van der Waals surface area contributed by atoms with Gasteiger partial charge in [0.2, 0.25) is 11.9 Å². The fourth-order valence-electron chi connectivity index (χ4n) is 1.80. The molecule has 0 radical (unpaired) electrons. The Morgan fingerprint density at radius 2 is 2.29 bits per heavy atom. The Bertz CT molecular complexity index is 314. The first kappa shape index (κ1) is 9.21. The van der Waals surface area contributed by atoms with Crippen molar-refractivity contribution in [3.8, 4) is 0 Å². The van der Waals surface area contributed by atoms with Crippen molar-refractivity contribution in [1.82, 2.24) is 9.97 Å². The molecule has 5 heteroatoms. The molecule has 1 saturated carbocycles. The minimum absolute atomic E-state index is 0.134. The van der Waals surface area contributed by atoms with Crippen LogP contribution in [0.2, 0.25) is 0 Å². The average molecular weight is 194 g/mol. The third kappa shape index (κ3) is 1.63. The second-order valence-corrected chi connectivity index (χ2v) is 3.76. The van der Waals surface area contributed by atoms with Crippen molar-refractivity contribution in [3.63, 3.8) is 0 Å². The van der Waals surface area contributed by atoms with Crippen LogP contribution in [0.5, 0.6) is 0 Å². The number of carbonyl (C=O) groups is 1. The summed E-state index contributed by atoms with van der Waals surface area (Å²) >= 11 is 0. The van der Waals surface area contributed by atoms with Gasteiger partial charge in [0.25, 0.3) is 0 Å². The van der Waals surface area contributed by atoms with E-state index in [2.05, 4.69) is 15.3 Å². The molecule has 2 rings (SSSR count). The second kappa shape index (κ2) is 3.42. The highest BCUT2D eigenvalue weighted by Crippen LogP contribution is 2.27. The lowest BCUT2D eigenvalue weighted by molar-refractivity contribution is -0.121. The van der Waals surface area contributed by atoms with Crippen LogP contribution in [0.1, 0.15) is 25.7 Å². The number of nitrogens with zero attached hydrogens (tertiary/aromatic N) is 1. The van der Waals surface area contributed by atoms with E-state index in [9.17, 15) is 4.79 Å². The van der Waals surface area contributed by atoms with Gasteiger partial charge in [-0.15, -0.1) is 0 Å². The molecule has 0 aliphatic heterocycles. The number of nitrogens with two attached hydrogens (primary N) is 1. The van der Waals surface area contributed by atoms with E-state index >= 15 is 0 Å². The first-order valence-corrected chi connectivity index (χ1v) is 4.80. The van der Waals surface area contributed by atoms with Gasteiger partial charge in [0.15, 0.2) is 0 Å². The average Bonchev–Trinajstić information content (AvgIpc) is 2.76. The molecule has 14 heavy (non-hydrogen) atoms. The highest BCUT2D eigenvalue weighted by molar-refractivity contribution is 5.96. The van der Waals surface area contributed by atoms with E-state index in [0.29, 0.717) is 5.95 Å². The van der Waals surface area contributed by atoms with Gasteiger partial charge in [0.1, 0.15) is 0 Å². The Morgan fingerprint density at radius 1 is 1.57 bits per heavy atom. The van der Waals surface area contributed by atoms with Crippen LogP contribution >= 0.6 is 0 Å². The van der Waals surface area contributed by atoms with Crippen molar-refractivity contribution in [2.45, 2.75) is 31.2 Å². The Labute approximate surface area is 82.1 Å². The maximum absolute atomic E-state index is 11.7. The number of imidazole rings is 1. The predicted octanol–water partition coefficient (Wildman–Crippen LogP) is 0.620. The number of aromatic amines is 1. The van der Waals surface area contributed by atoms with Crippen molar-refractivity contribution in [2.75, 3.05) is 5.32 Å². The van der Waals surface area contributed by atoms with Crippen LogP contribution in [0.3, 0.4) is 0 Å². The molecule has 76 valence electrons. The minimum atomic E-state index is -0.688. The molecule has 0 aromatic carbocycles. The van der Waals surface area contributed by atoms with Gasteiger partial charge in [0.05, 0.1) is 5.54 Å². The van der Waals surface area contributed by atoms with Gasteiger partial charge in [-0.05, 0) is 12.8 Å². The number of aromatic nitrogens is 2. The van der Waals surface area contributed by atoms with Crippen molar-refractivity contribution >= 4 is 11.9 Å². The summed E-state index contributed by atoms with van der Waals surface area (Å²) in [6, 6.07) is 0. The lowest BCUT2D eigenvalue weighted by atomic mass is 9.98. The van der Waals surface area contributed by atoms with E-state index in [4.69, 9.17) is 5.73 Å². The molecule has 0 atom stereocenters. The molecule has 5 nitrogen and oxygen atoms in total. The van der Waals surface area contributed by atoms with Gasteiger partial charge in [-0.1, -0.05) is 12.8 Å². The molecular weight excluding hydrogens is 180 g/mol. The maximum Gasteiger partial charge on any atom is 0.246 e. The van der Waals surface area contributed by atoms with Crippen LogP contribution in [0, 0.1) is 0 Å². The summed E-state index contributed by atoms with van der Waals surface area (Å²) in [5, 5.41) is 2.67. The quantitative estimate of drug-likeness (QED) is 0.645. The summed E-state index contributed by atoms with van der Waals surface area (Å²) in [6.45, 7) is 0. The smallest absolute Gasteiger partial charge is 0.246 e. The summed E-state index contributed by atoms with van der Waals surface area (Å²) in [5.41, 5.74) is 5.28. The summed E-state index contributed by atoms with van der Waals surface area (Å²) in [6.07, 6.45) is 6.84. The Kier molecular flexibility index (Phi) is 2.25. The lowest BCUT2D eigenvalue weighted by Gasteiger charge is -2.21. The molecule has 1 heterocycles. The zero-order valence-corrected chi connectivity index (χ0v) is 7.92. The van der Waals surface area contributed by atoms with Gasteiger partial charge in [-0.25, -0.2) is 4.98 Å². The van der Waals surface area contributed by atoms with Crippen molar-refractivity contribution < 1.29 is 4.79 Å². The molecule has 0 spiro atoms. The van der Waals surface area contributed by atoms with E-state index in [0.717, 1.165) is 25.7 Å². The van der Waals surface area contributed by atoms with E-state index < -0.39 is 5.54 Å². The topological polar surface area (TPSA) is 83.8 Å². The lowest BCUT2D eigenvalue weighted by Crippen LogP contribution is -2.48. The van der Waals surface area contributed by atoms with Crippen LogP contribution < -0.4 is 11.1 Å². The fourth-order valence-corrected chi connectivity index (χ4v) is 1.80. The maximum atomic E-state index is 11.7. The third-order valence-corrected chi connectivity index (χ3v) is 2.68. The van der Waals surface area contributed by atoms with Crippen LogP contribution in [0.4, 0.5) is 5.95 Å². The molecule has 1 aromatic heterocycles. The zero-order chi connectivity index (χ0) is 10.0. The second-order valence-electron chi connectivity index (χ2n) is 3.76. The van der Waals surface area contributed by atoms with E-state index in [1.165, 1.54) is 0 Å². The third-order valence-electron chi connectivity index (χ3n) is 2.68. The molecule has 0 saturated heterocycles. The number of anilines is 1. The van der Waals surface area contributed by atoms with Crippen molar-refractivity contribution in [1.29, 1.82) is 0 Å². The number of rotatable bonds is 2. The molecule has 1 fully saturated rings. The monoisotopic (exact) mass is 194 g/mol. The molecule has 1 aliphatic carbocycles. The minimum Gasteiger partial charge on any atom is -0.331 e. The van der Waals surface area contributed by atoms with Crippen LogP contribution in [0.15, 0.2) is 12.4 Å². The van der Waals surface area contributed by atoms with E-state index in [1.54, 1.807) is 12.4 Å². The molecule has 0 unspecified atom stereocenters. The molecule has 1 aliphatic rings. The fraction of sp³-hybridized carbons (Fsp3) is 0.556. The van der Waals surface area contributed by atoms with Gasteiger partial charge >= 0.3 is 0 Å². The largest absolute Gasteiger partial charge is 0.331 e. The SMILES string of the molecule is NC1(C(=O)Nc2ncc[nH]2)CCCC1. The highest BCUT2D eigenvalue weighted by Gasteiger charge is 2.37. The predicted molar refractivity (Wildman–Crippen MR) is 52.6 cm³/mol. The number of hydrogen-bond acceptors (Lipinski definition) is 3. The van der Waals surface area contributed by atoms with Crippen molar-refractivity contribution in [2.24, 2.45) is 5.73 Å². The number of amides is 1. The Morgan fingerprint density at radius 3 is 2.86 bits per heavy atom. The number of carbonyl (C=O) groups excluding carboxylic acids is 1. The molecule has 1 amide bonds. The summed E-state index contributed by atoms with van der Waals surface area (Å²) < 4.78 is 0. The summed E-state index contributed by atoms with van der Waals surface area (Å²) in [5.74, 6) is 0.330. The molecular formula is C9H14N4O. The Balaban J connectivity index is 2.02. The molecule has 1 aromatic rings. The van der Waals surface area contributed by atoms with Crippen LogP contribution in [0.25, 0.3) is 0 Å². The summed E-state index contributed by atoms with van der Waals surface area (Å²) in [4.78, 5) is 18.5. The van der Waals surface area contributed by atoms with Gasteiger partial charge < -0.3 is 10.7 Å². The van der Waals surface area contributed by atoms with Crippen molar-refractivity contribution in [3.05, 3.63) is 12.4 Å². The number of nitrogens with one attached hydrogen (secondary N) is 2. The van der Waals surface area contributed by atoms with E-state index in [1.807, 2.05) is 0 Å². The van der Waals surface area contributed by atoms with Gasteiger partial charge in [0, 0.05) is 12.4 Å². The van der Waals surface area contributed by atoms with Gasteiger partial charge in [-0.3, -0.25) is 10.1 Å². The standard InChI is InChI=1S/C9H14N4O/c10-9(3-1-2-4-9)7(14)13-8-11-5-6-12-8/h5-6H,1-4,10H2,(H2,11,12,13,14). The molecule has 4 N–H and O–H groups in total. The van der Waals surface area contributed by atoms with Gasteiger partial charge in [-0.2, -0.15) is 0 Å². The summed E-state index contributed by atoms with van der Waals surface area (Å²) in [7, 11) is 0. The normalized spacial score (nSPS) is 19.5. The first-order valence-electron chi connectivity index (χ1n) is 4.80. The number of H-pyrrole nitrogens is 1. The first-order chi connectivity index (χ1) is 6.71. The number of hydrogen-bond donors (Lipinski definition) is 3. The highest BCUT2D eigenvalue weighted by atomic mass is 16.2. The Hall–Kier alpha value is -1.36. The van der Waals surface area contributed by atoms with Crippen LogP contribution in [-0.2, 0) is 4.79 Å². The van der Waals surface area contributed by atoms with Crippen LogP contribution in [-0.4, -0.2) is 21.4 Å². The molecule has 0 bridgehead atoms. The van der Waals surface area contributed by atoms with E-state index in [-0.39, 0.29) is 5.91 Å². The zero-order valence-electron chi connectivity index (χ0n) is 7.92.